The molecule has 0 saturated carbocycles. The molecule has 3 aromatic rings. The fourth-order valence-electron chi connectivity index (χ4n) is 2.22. The summed E-state index contributed by atoms with van der Waals surface area (Å²) in [6.07, 6.45) is 7.09. The Morgan fingerprint density at radius 2 is 1.91 bits per heavy atom. The van der Waals surface area contributed by atoms with Gasteiger partial charge in [-0.2, -0.15) is 5.26 Å². The zero-order chi connectivity index (χ0) is 15.4. The van der Waals surface area contributed by atoms with Gasteiger partial charge in [-0.05, 0) is 23.8 Å². The molecule has 0 spiro atoms. The highest BCUT2D eigenvalue weighted by molar-refractivity contribution is 5.89. The molecule has 106 valence electrons. The number of imidazole rings is 1. The molecule has 4 nitrogen and oxygen atoms in total. The molecule has 0 amide bonds. The number of phenolic OH excluding ortho intramolecular Hbond substituents is 1. The Bertz CT molecular complexity index is 841. The lowest BCUT2D eigenvalue weighted by Crippen LogP contribution is -1.92. The Morgan fingerprint density at radius 1 is 1.14 bits per heavy atom. The van der Waals surface area contributed by atoms with E-state index in [1.807, 2.05) is 41.2 Å². The van der Waals surface area contributed by atoms with Gasteiger partial charge in [-0.15, -0.1) is 0 Å². The molecular weight excluding hydrogens is 274 g/mol. The van der Waals surface area contributed by atoms with Crippen LogP contribution in [0.4, 0.5) is 0 Å². The van der Waals surface area contributed by atoms with Gasteiger partial charge in [-0.1, -0.05) is 30.3 Å². The first-order valence-electron chi connectivity index (χ1n) is 6.76. The first kappa shape index (κ1) is 13.7. The van der Waals surface area contributed by atoms with Crippen molar-refractivity contribution in [2.75, 3.05) is 0 Å². The van der Waals surface area contributed by atoms with Gasteiger partial charge in [-0.3, -0.25) is 0 Å². The normalized spacial score (nSPS) is 11.1. The van der Waals surface area contributed by atoms with E-state index in [0.717, 1.165) is 16.7 Å². The number of nitriles is 1. The molecule has 2 aromatic carbocycles. The van der Waals surface area contributed by atoms with Crippen LogP contribution in [-0.2, 0) is 0 Å². The molecule has 0 aliphatic carbocycles. The molecule has 1 aromatic heterocycles. The summed E-state index contributed by atoms with van der Waals surface area (Å²) in [6.45, 7) is 0. The molecule has 0 atom stereocenters. The number of benzene rings is 2. The van der Waals surface area contributed by atoms with Gasteiger partial charge in [0, 0.05) is 29.7 Å². The summed E-state index contributed by atoms with van der Waals surface area (Å²) in [5.41, 5.74) is 3.08. The highest BCUT2D eigenvalue weighted by atomic mass is 16.3. The number of rotatable bonds is 3. The van der Waals surface area contributed by atoms with Gasteiger partial charge in [-0.25, -0.2) is 4.98 Å². The molecule has 0 aliphatic rings. The van der Waals surface area contributed by atoms with Crippen molar-refractivity contribution in [2.24, 2.45) is 0 Å². The van der Waals surface area contributed by atoms with E-state index in [-0.39, 0.29) is 5.75 Å². The fourth-order valence-corrected chi connectivity index (χ4v) is 2.22. The van der Waals surface area contributed by atoms with Crippen molar-refractivity contribution < 1.29 is 5.11 Å². The quantitative estimate of drug-likeness (QED) is 0.802. The van der Waals surface area contributed by atoms with Crippen LogP contribution >= 0.6 is 0 Å². The van der Waals surface area contributed by atoms with Crippen molar-refractivity contribution in [3.63, 3.8) is 0 Å². The molecule has 0 unspecified atom stereocenters. The highest BCUT2D eigenvalue weighted by Gasteiger charge is 2.10. The zero-order valence-electron chi connectivity index (χ0n) is 11.7. The van der Waals surface area contributed by atoms with Crippen molar-refractivity contribution in [3.8, 4) is 11.8 Å². The summed E-state index contributed by atoms with van der Waals surface area (Å²) >= 11 is 0. The monoisotopic (exact) mass is 287 g/mol. The third-order valence-electron chi connectivity index (χ3n) is 3.32. The molecule has 1 N–H and O–H groups in total. The van der Waals surface area contributed by atoms with Gasteiger partial charge in [0.15, 0.2) is 0 Å². The number of hydrogen-bond acceptors (Lipinski definition) is 3. The number of aromatic hydroxyl groups is 1. The van der Waals surface area contributed by atoms with Crippen LogP contribution in [0.1, 0.15) is 16.7 Å². The van der Waals surface area contributed by atoms with Crippen molar-refractivity contribution in [3.05, 3.63) is 83.9 Å². The Labute approximate surface area is 128 Å². The SMILES string of the molecule is N#Cc1ccc(/C(=C\n2ccnc2)c2ccccc2O)cc1. The van der Waals surface area contributed by atoms with Crippen LogP contribution in [-0.4, -0.2) is 14.7 Å². The van der Waals surface area contributed by atoms with Gasteiger partial charge >= 0.3 is 0 Å². The molecular formula is C18H13N3O. The predicted molar refractivity (Wildman–Crippen MR) is 84.8 cm³/mol. The second-order valence-corrected chi connectivity index (χ2v) is 4.76. The third kappa shape index (κ3) is 2.74. The molecule has 0 fully saturated rings. The van der Waals surface area contributed by atoms with E-state index in [0.29, 0.717) is 5.56 Å². The van der Waals surface area contributed by atoms with Gasteiger partial charge < -0.3 is 9.67 Å². The number of nitrogens with zero attached hydrogens (tertiary/aromatic N) is 3. The first-order chi connectivity index (χ1) is 10.8. The first-order valence-corrected chi connectivity index (χ1v) is 6.76. The van der Waals surface area contributed by atoms with Crippen LogP contribution in [0, 0.1) is 11.3 Å². The third-order valence-corrected chi connectivity index (χ3v) is 3.32. The molecule has 0 bridgehead atoms. The lowest BCUT2D eigenvalue weighted by Gasteiger charge is -2.11. The Hall–Kier alpha value is -3.32. The van der Waals surface area contributed by atoms with Crippen molar-refractivity contribution in [1.82, 2.24) is 9.55 Å². The molecule has 0 radical (unpaired) electrons. The topological polar surface area (TPSA) is 61.8 Å². The summed E-state index contributed by atoms with van der Waals surface area (Å²) in [4.78, 5) is 4.03. The van der Waals surface area contributed by atoms with E-state index in [2.05, 4.69) is 11.1 Å². The number of hydrogen-bond donors (Lipinski definition) is 1. The number of phenols is 1. The largest absolute Gasteiger partial charge is 0.507 e. The fraction of sp³-hybridized carbons (Fsp3) is 0. The van der Waals surface area contributed by atoms with Crippen LogP contribution in [0.3, 0.4) is 0 Å². The number of para-hydroxylation sites is 1. The van der Waals surface area contributed by atoms with E-state index in [4.69, 9.17) is 5.26 Å². The van der Waals surface area contributed by atoms with E-state index in [1.54, 1.807) is 36.8 Å². The second-order valence-electron chi connectivity index (χ2n) is 4.76. The van der Waals surface area contributed by atoms with Gasteiger partial charge in [0.2, 0.25) is 0 Å². The summed E-state index contributed by atoms with van der Waals surface area (Å²) in [5, 5.41) is 19.1. The predicted octanol–water partition coefficient (Wildman–Crippen LogP) is 3.51. The summed E-state index contributed by atoms with van der Waals surface area (Å²) in [6, 6.07) is 16.5. The highest BCUT2D eigenvalue weighted by Crippen LogP contribution is 2.30. The van der Waals surface area contributed by atoms with Crippen molar-refractivity contribution >= 4 is 11.8 Å². The van der Waals surface area contributed by atoms with Crippen LogP contribution in [0.2, 0.25) is 0 Å². The molecule has 0 saturated heterocycles. The maximum absolute atomic E-state index is 10.2. The molecule has 0 aliphatic heterocycles. The summed E-state index contributed by atoms with van der Waals surface area (Å²) in [7, 11) is 0. The molecule has 1 heterocycles. The Morgan fingerprint density at radius 3 is 2.55 bits per heavy atom. The molecule has 22 heavy (non-hydrogen) atoms. The zero-order valence-corrected chi connectivity index (χ0v) is 11.7. The average Bonchev–Trinajstić information content (AvgIpc) is 3.07. The van der Waals surface area contributed by atoms with Crippen molar-refractivity contribution in [2.45, 2.75) is 0 Å². The Kier molecular flexibility index (Phi) is 3.71. The molecule has 3 rings (SSSR count). The van der Waals surface area contributed by atoms with E-state index in [9.17, 15) is 5.11 Å². The maximum Gasteiger partial charge on any atom is 0.123 e. The summed E-state index contributed by atoms with van der Waals surface area (Å²) in [5.74, 6) is 0.207. The molecule has 4 heteroatoms. The van der Waals surface area contributed by atoms with Crippen molar-refractivity contribution in [1.29, 1.82) is 5.26 Å². The van der Waals surface area contributed by atoms with Gasteiger partial charge in [0.25, 0.3) is 0 Å². The van der Waals surface area contributed by atoms with E-state index < -0.39 is 0 Å². The average molecular weight is 287 g/mol. The van der Waals surface area contributed by atoms with E-state index >= 15 is 0 Å². The minimum atomic E-state index is 0.207. The minimum Gasteiger partial charge on any atom is -0.507 e. The van der Waals surface area contributed by atoms with Crippen LogP contribution in [0.5, 0.6) is 5.75 Å². The lowest BCUT2D eigenvalue weighted by molar-refractivity contribution is 0.473. The van der Waals surface area contributed by atoms with E-state index in [1.165, 1.54) is 0 Å². The van der Waals surface area contributed by atoms with Crippen LogP contribution < -0.4 is 0 Å². The second kappa shape index (κ2) is 5.98. The minimum absolute atomic E-state index is 0.207. The Balaban J connectivity index is 2.15. The smallest absolute Gasteiger partial charge is 0.123 e. The van der Waals surface area contributed by atoms with Gasteiger partial charge in [0.1, 0.15) is 5.75 Å². The van der Waals surface area contributed by atoms with Crippen LogP contribution in [0.15, 0.2) is 67.3 Å². The number of aromatic nitrogens is 2. The summed E-state index contributed by atoms with van der Waals surface area (Å²) < 4.78 is 1.82. The van der Waals surface area contributed by atoms with Crippen LogP contribution in [0.25, 0.3) is 11.8 Å². The lowest BCUT2D eigenvalue weighted by atomic mass is 9.97. The van der Waals surface area contributed by atoms with Gasteiger partial charge in [0.05, 0.1) is 18.0 Å². The maximum atomic E-state index is 10.2. The standard InChI is InChI=1S/C18H13N3O/c19-11-14-5-7-15(8-6-14)17(12-21-10-9-20-13-21)16-3-1-2-4-18(16)22/h1-10,12-13,22H/b17-12+.